The number of para-hydroxylation sites is 1. The van der Waals surface area contributed by atoms with Crippen molar-refractivity contribution >= 4 is 55.4 Å². The highest BCUT2D eigenvalue weighted by Gasteiger charge is 2.38. The molecule has 212 valence electrons. The molecule has 7 nitrogen and oxygen atoms in total. The Labute approximate surface area is 258 Å². The number of allylic oxidation sites excluding steroid dienone is 2. The van der Waals surface area contributed by atoms with E-state index in [1.165, 1.54) is 10.9 Å². The van der Waals surface area contributed by atoms with E-state index >= 15 is 0 Å². The van der Waals surface area contributed by atoms with Crippen LogP contribution < -0.4 is 4.90 Å². The van der Waals surface area contributed by atoms with Gasteiger partial charge in [-0.2, -0.15) is 0 Å². The molecular formula is C38H25N7. The third-order valence-corrected chi connectivity index (χ3v) is 9.25. The van der Waals surface area contributed by atoms with E-state index in [0.29, 0.717) is 0 Å². The maximum Gasteiger partial charge on any atom is 0.146 e. The number of fused-ring (bicyclic) bond motifs is 9. The molecule has 0 bridgehead atoms. The van der Waals surface area contributed by atoms with E-state index in [-0.39, 0.29) is 12.0 Å². The molecule has 8 aromatic rings. The molecule has 7 heterocycles. The van der Waals surface area contributed by atoms with Gasteiger partial charge in [0.05, 0.1) is 29.0 Å². The summed E-state index contributed by atoms with van der Waals surface area (Å²) in [5.74, 6) is 2.07. The number of nitrogens with zero attached hydrogens (tertiary/aromatic N) is 7. The molecule has 0 saturated heterocycles. The molecular weight excluding hydrogens is 554 g/mol. The largest absolute Gasteiger partial charge is 0.317 e. The monoisotopic (exact) mass is 579 g/mol. The first kappa shape index (κ1) is 24.4. The predicted octanol–water partition coefficient (Wildman–Crippen LogP) is 8.19. The average Bonchev–Trinajstić information content (AvgIpc) is 3.74. The van der Waals surface area contributed by atoms with Gasteiger partial charge in [-0.15, -0.1) is 0 Å². The van der Waals surface area contributed by atoms with Gasteiger partial charge in [-0.05, 0) is 60.7 Å². The van der Waals surface area contributed by atoms with Crippen molar-refractivity contribution in [1.82, 2.24) is 29.1 Å². The van der Waals surface area contributed by atoms with Crippen molar-refractivity contribution in [2.75, 3.05) is 4.90 Å². The minimum atomic E-state index is 0.171. The number of rotatable bonds is 3. The summed E-state index contributed by atoms with van der Waals surface area (Å²) in [5, 5.41) is 4.53. The van der Waals surface area contributed by atoms with Gasteiger partial charge in [-0.1, -0.05) is 54.6 Å². The molecule has 2 aromatic carbocycles. The Morgan fingerprint density at radius 3 is 2.09 bits per heavy atom. The summed E-state index contributed by atoms with van der Waals surface area (Å²) in [7, 11) is 0. The van der Waals surface area contributed by atoms with E-state index in [4.69, 9.17) is 19.9 Å². The minimum Gasteiger partial charge on any atom is -0.317 e. The molecule has 1 aliphatic carbocycles. The second-order valence-corrected chi connectivity index (χ2v) is 11.6. The molecule has 0 amide bonds. The Bertz CT molecular complexity index is 2470. The summed E-state index contributed by atoms with van der Waals surface area (Å²) >= 11 is 0. The molecule has 0 N–H and O–H groups in total. The molecule has 45 heavy (non-hydrogen) atoms. The fourth-order valence-electron chi connectivity index (χ4n) is 7.35. The lowest BCUT2D eigenvalue weighted by Crippen LogP contribution is -2.29. The maximum absolute atomic E-state index is 5.06. The average molecular weight is 580 g/mol. The van der Waals surface area contributed by atoms with Crippen LogP contribution in [-0.4, -0.2) is 35.1 Å². The summed E-state index contributed by atoms with van der Waals surface area (Å²) in [6.45, 7) is 0. The second kappa shape index (κ2) is 9.21. The number of pyridine rings is 4. The van der Waals surface area contributed by atoms with Gasteiger partial charge in [0, 0.05) is 57.3 Å². The van der Waals surface area contributed by atoms with Crippen LogP contribution in [0, 0.1) is 0 Å². The third kappa shape index (κ3) is 3.40. The van der Waals surface area contributed by atoms with Gasteiger partial charge in [-0.3, -0.25) is 9.13 Å². The second-order valence-electron chi connectivity index (χ2n) is 11.6. The Morgan fingerprint density at radius 1 is 0.533 bits per heavy atom. The van der Waals surface area contributed by atoms with Gasteiger partial charge in [0.15, 0.2) is 0 Å². The summed E-state index contributed by atoms with van der Waals surface area (Å²) < 4.78 is 4.41. The molecule has 0 radical (unpaired) electrons. The van der Waals surface area contributed by atoms with Crippen molar-refractivity contribution in [2.24, 2.45) is 0 Å². The van der Waals surface area contributed by atoms with E-state index in [0.717, 1.165) is 61.5 Å². The van der Waals surface area contributed by atoms with Crippen LogP contribution in [-0.2, 0) is 0 Å². The smallest absolute Gasteiger partial charge is 0.146 e. The van der Waals surface area contributed by atoms with Crippen LogP contribution in [0.1, 0.15) is 11.5 Å². The van der Waals surface area contributed by atoms with Gasteiger partial charge < -0.3 is 4.90 Å². The summed E-state index contributed by atoms with van der Waals surface area (Å²) in [6.07, 6.45) is 16.3. The molecule has 0 saturated carbocycles. The van der Waals surface area contributed by atoms with Crippen LogP contribution in [0.2, 0.25) is 0 Å². The van der Waals surface area contributed by atoms with Crippen LogP contribution >= 0.6 is 0 Å². The van der Waals surface area contributed by atoms with E-state index in [9.17, 15) is 0 Å². The number of hydrogen-bond donors (Lipinski definition) is 0. The van der Waals surface area contributed by atoms with Gasteiger partial charge in [-0.25, -0.2) is 19.9 Å². The number of aromatic nitrogens is 6. The lowest BCUT2D eigenvalue weighted by molar-refractivity contribution is 0.742. The standard InChI is InChI=1S/C38H25N7/c1-3-13-32-26(8-1)29-10-5-19-39-36(29)43(32)24-15-17-28-31-12-7-21-41-38(31)45(34(28)22-24)35-18-16-25(23-42-35)44-33-14-4-2-9-27(33)30-11-6-20-40-37(30)44/h1-23,27,33H. The molecule has 2 unspecified atom stereocenters. The molecule has 10 rings (SSSR count). The van der Waals surface area contributed by atoms with Gasteiger partial charge in [0.25, 0.3) is 0 Å². The third-order valence-electron chi connectivity index (χ3n) is 9.25. The molecule has 2 atom stereocenters. The molecule has 1 aliphatic heterocycles. The molecule has 0 spiro atoms. The molecule has 2 aliphatic rings. The zero-order valence-electron chi connectivity index (χ0n) is 24.1. The topological polar surface area (TPSA) is 64.7 Å². The Morgan fingerprint density at radius 2 is 1.24 bits per heavy atom. The van der Waals surface area contributed by atoms with Crippen molar-refractivity contribution in [3.63, 3.8) is 0 Å². The summed E-state index contributed by atoms with van der Waals surface area (Å²) in [6, 6.07) is 32.0. The lowest BCUT2D eigenvalue weighted by Gasteiger charge is -2.27. The van der Waals surface area contributed by atoms with Crippen LogP contribution in [0.4, 0.5) is 11.5 Å². The van der Waals surface area contributed by atoms with Gasteiger partial charge in [0.1, 0.15) is 22.9 Å². The van der Waals surface area contributed by atoms with E-state index in [1.807, 2.05) is 43.0 Å². The van der Waals surface area contributed by atoms with Crippen LogP contribution in [0.5, 0.6) is 0 Å². The predicted molar refractivity (Wildman–Crippen MR) is 180 cm³/mol. The number of benzene rings is 2. The van der Waals surface area contributed by atoms with Crippen molar-refractivity contribution in [2.45, 2.75) is 12.0 Å². The highest BCUT2D eigenvalue weighted by molar-refractivity contribution is 6.10. The van der Waals surface area contributed by atoms with Gasteiger partial charge >= 0.3 is 0 Å². The van der Waals surface area contributed by atoms with Crippen molar-refractivity contribution in [3.05, 3.63) is 146 Å². The zero-order valence-corrected chi connectivity index (χ0v) is 24.1. The van der Waals surface area contributed by atoms with Crippen molar-refractivity contribution < 1.29 is 0 Å². The highest BCUT2D eigenvalue weighted by atomic mass is 15.3. The van der Waals surface area contributed by atoms with Crippen LogP contribution in [0.3, 0.4) is 0 Å². The fourth-order valence-corrected chi connectivity index (χ4v) is 7.35. The molecule has 0 fully saturated rings. The first-order valence-electron chi connectivity index (χ1n) is 15.1. The van der Waals surface area contributed by atoms with Gasteiger partial charge in [0.2, 0.25) is 0 Å². The van der Waals surface area contributed by atoms with E-state index in [1.54, 1.807) is 0 Å². The zero-order chi connectivity index (χ0) is 29.5. The van der Waals surface area contributed by atoms with E-state index in [2.05, 4.69) is 111 Å². The minimum absolute atomic E-state index is 0.171. The fraction of sp³-hybridized carbons (Fsp3) is 0.0526. The molecule has 7 heteroatoms. The number of anilines is 2. The quantitative estimate of drug-likeness (QED) is 0.211. The van der Waals surface area contributed by atoms with E-state index < -0.39 is 0 Å². The van der Waals surface area contributed by atoms with Crippen molar-refractivity contribution in [1.29, 1.82) is 0 Å². The van der Waals surface area contributed by atoms with Crippen molar-refractivity contribution in [3.8, 4) is 11.5 Å². The first-order chi connectivity index (χ1) is 22.3. The lowest BCUT2D eigenvalue weighted by atomic mass is 9.92. The molecule has 6 aromatic heterocycles. The number of hydrogen-bond acceptors (Lipinski definition) is 5. The Balaban J connectivity index is 1.16. The Hall–Kier alpha value is -6.08. The normalized spacial score (nSPS) is 17.1. The van der Waals surface area contributed by atoms with Crippen LogP contribution in [0.15, 0.2) is 140 Å². The first-order valence-corrected chi connectivity index (χ1v) is 15.1. The summed E-state index contributed by atoms with van der Waals surface area (Å²) in [4.78, 5) is 21.8. The SMILES string of the molecule is C1=CC2c3cccnc3N(c3ccc(-n4c5cc(-n6c7ccccc7c7cccnc76)ccc5c5cccnc54)nc3)C2C=C1. The highest BCUT2D eigenvalue weighted by Crippen LogP contribution is 2.46. The van der Waals surface area contributed by atoms with Crippen LogP contribution in [0.25, 0.3) is 55.4 Å². The maximum atomic E-state index is 5.06. The Kier molecular flexibility index (Phi) is 4.99. The summed E-state index contributed by atoms with van der Waals surface area (Å²) in [5.41, 5.74) is 7.26.